The molecule has 0 amide bonds. The predicted molar refractivity (Wildman–Crippen MR) is 54.3 cm³/mol. The summed E-state index contributed by atoms with van der Waals surface area (Å²) in [5, 5.41) is 8.79. The molecule has 0 radical (unpaired) electrons. The minimum Gasteiger partial charge on any atom is -0.481 e. The fraction of sp³-hybridized carbons (Fsp3) is 0.417. The number of benzene rings is 1. The highest BCUT2D eigenvalue weighted by Crippen LogP contribution is 2.47. The number of rotatable bonds is 3. The maximum absolute atomic E-state index is 10.7. The molecule has 2 rings (SSSR count). The molecule has 1 aliphatic rings. The van der Waals surface area contributed by atoms with E-state index in [4.69, 9.17) is 5.11 Å². The molecule has 74 valence electrons. The van der Waals surface area contributed by atoms with Crippen molar-refractivity contribution in [3.8, 4) is 0 Å². The largest absolute Gasteiger partial charge is 0.481 e. The molecule has 0 aromatic heterocycles. The van der Waals surface area contributed by atoms with E-state index in [-0.39, 0.29) is 11.8 Å². The van der Waals surface area contributed by atoms with Crippen LogP contribution in [0.15, 0.2) is 24.3 Å². The third-order valence-electron chi connectivity index (χ3n) is 2.92. The molecule has 0 spiro atoms. The lowest BCUT2D eigenvalue weighted by molar-refractivity contribution is -0.138. The summed E-state index contributed by atoms with van der Waals surface area (Å²) in [6.07, 6.45) is 1.84. The van der Waals surface area contributed by atoms with Crippen molar-refractivity contribution in [2.45, 2.75) is 25.7 Å². The van der Waals surface area contributed by atoms with Crippen molar-refractivity contribution in [1.82, 2.24) is 0 Å². The van der Waals surface area contributed by atoms with Gasteiger partial charge in [0.25, 0.3) is 0 Å². The first kappa shape index (κ1) is 9.25. The molecule has 1 aliphatic carbocycles. The second-order valence-corrected chi connectivity index (χ2v) is 3.88. The summed E-state index contributed by atoms with van der Waals surface area (Å²) in [6, 6.07) is 8.30. The topological polar surface area (TPSA) is 37.3 Å². The molecule has 0 aliphatic heterocycles. The van der Waals surface area contributed by atoms with Crippen LogP contribution < -0.4 is 0 Å². The number of carbonyl (C=O) groups is 1. The van der Waals surface area contributed by atoms with E-state index in [1.807, 2.05) is 0 Å². The van der Waals surface area contributed by atoms with Gasteiger partial charge in [0.1, 0.15) is 0 Å². The highest BCUT2D eigenvalue weighted by molar-refractivity contribution is 5.75. The number of hydrogen-bond donors (Lipinski definition) is 1. The lowest BCUT2D eigenvalue weighted by atomic mass is 10.1. The number of aryl methyl sites for hydroxylation is 1. The van der Waals surface area contributed by atoms with Crippen LogP contribution in [0.2, 0.25) is 0 Å². The minimum atomic E-state index is -0.658. The molecular formula is C12H14O2. The molecule has 1 N–H and O–H groups in total. The van der Waals surface area contributed by atoms with E-state index in [1.54, 1.807) is 0 Å². The number of aliphatic carboxylic acids is 1. The first-order valence-electron chi connectivity index (χ1n) is 5.04. The van der Waals surface area contributed by atoms with Crippen molar-refractivity contribution >= 4 is 5.97 Å². The average molecular weight is 190 g/mol. The standard InChI is InChI=1S/C12H14O2/c1-2-8-3-5-9(6-4-8)10-7-11(10)12(13)14/h3-6,10-11H,2,7H2,1H3,(H,13,14)/t10?,11-/m0/s1. The highest BCUT2D eigenvalue weighted by atomic mass is 16.4. The van der Waals surface area contributed by atoms with Gasteiger partial charge in [-0.05, 0) is 29.9 Å². The normalized spacial score (nSPS) is 24.6. The van der Waals surface area contributed by atoms with E-state index in [1.165, 1.54) is 11.1 Å². The smallest absolute Gasteiger partial charge is 0.307 e. The Morgan fingerprint density at radius 2 is 2.07 bits per heavy atom. The molecule has 2 nitrogen and oxygen atoms in total. The van der Waals surface area contributed by atoms with Crippen LogP contribution in [0.3, 0.4) is 0 Å². The molecule has 0 bridgehead atoms. The quantitative estimate of drug-likeness (QED) is 0.794. The van der Waals surface area contributed by atoms with Crippen LogP contribution in [0.25, 0.3) is 0 Å². The predicted octanol–water partition coefficient (Wildman–Crippen LogP) is 2.44. The Morgan fingerprint density at radius 3 is 2.50 bits per heavy atom. The lowest BCUT2D eigenvalue weighted by Gasteiger charge is -2.00. The molecular weight excluding hydrogens is 176 g/mol. The second-order valence-electron chi connectivity index (χ2n) is 3.88. The molecule has 1 aromatic carbocycles. The average Bonchev–Trinajstić information content (AvgIpc) is 2.97. The van der Waals surface area contributed by atoms with Gasteiger partial charge in [-0.25, -0.2) is 0 Å². The van der Waals surface area contributed by atoms with E-state index in [0.29, 0.717) is 0 Å². The number of carboxylic acids is 1. The van der Waals surface area contributed by atoms with Gasteiger partial charge in [-0.1, -0.05) is 31.2 Å². The first-order valence-corrected chi connectivity index (χ1v) is 5.04. The van der Waals surface area contributed by atoms with E-state index >= 15 is 0 Å². The number of hydrogen-bond acceptors (Lipinski definition) is 1. The Labute approximate surface area is 83.6 Å². The van der Waals surface area contributed by atoms with E-state index in [2.05, 4.69) is 31.2 Å². The van der Waals surface area contributed by atoms with Crippen LogP contribution in [0.4, 0.5) is 0 Å². The summed E-state index contributed by atoms with van der Waals surface area (Å²) in [6.45, 7) is 2.12. The van der Waals surface area contributed by atoms with Crippen molar-refractivity contribution in [3.05, 3.63) is 35.4 Å². The van der Waals surface area contributed by atoms with Crippen LogP contribution in [0, 0.1) is 5.92 Å². The fourth-order valence-electron chi connectivity index (χ4n) is 1.84. The summed E-state index contributed by atoms with van der Waals surface area (Å²) < 4.78 is 0. The van der Waals surface area contributed by atoms with Gasteiger partial charge in [-0.2, -0.15) is 0 Å². The molecule has 1 fully saturated rings. The van der Waals surface area contributed by atoms with E-state index < -0.39 is 5.97 Å². The van der Waals surface area contributed by atoms with Crippen LogP contribution in [0.5, 0.6) is 0 Å². The molecule has 0 heterocycles. The molecule has 0 saturated heterocycles. The summed E-state index contributed by atoms with van der Waals surface area (Å²) in [5.74, 6) is -0.532. The molecule has 1 unspecified atom stereocenters. The van der Waals surface area contributed by atoms with Crippen LogP contribution in [0.1, 0.15) is 30.4 Å². The van der Waals surface area contributed by atoms with Crippen molar-refractivity contribution in [3.63, 3.8) is 0 Å². The summed E-state index contributed by atoms with van der Waals surface area (Å²) >= 11 is 0. The van der Waals surface area contributed by atoms with Crippen molar-refractivity contribution in [2.24, 2.45) is 5.92 Å². The maximum Gasteiger partial charge on any atom is 0.307 e. The van der Waals surface area contributed by atoms with Gasteiger partial charge in [0.2, 0.25) is 0 Å². The molecule has 1 saturated carbocycles. The van der Waals surface area contributed by atoms with Crippen molar-refractivity contribution < 1.29 is 9.90 Å². The summed E-state index contributed by atoms with van der Waals surface area (Å²) in [7, 11) is 0. The zero-order valence-corrected chi connectivity index (χ0v) is 8.23. The molecule has 14 heavy (non-hydrogen) atoms. The Hall–Kier alpha value is -1.31. The van der Waals surface area contributed by atoms with Gasteiger partial charge in [0, 0.05) is 0 Å². The Bertz CT molecular complexity index is 340. The van der Waals surface area contributed by atoms with Gasteiger partial charge in [-0.3, -0.25) is 4.79 Å². The van der Waals surface area contributed by atoms with Gasteiger partial charge < -0.3 is 5.11 Å². The van der Waals surface area contributed by atoms with Crippen LogP contribution in [-0.2, 0) is 11.2 Å². The molecule has 1 aromatic rings. The lowest BCUT2D eigenvalue weighted by Crippen LogP contribution is -1.98. The zero-order chi connectivity index (χ0) is 10.1. The van der Waals surface area contributed by atoms with Gasteiger partial charge in [0.15, 0.2) is 0 Å². The second kappa shape index (κ2) is 3.45. The zero-order valence-electron chi connectivity index (χ0n) is 8.23. The minimum absolute atomic E-state index is 0.137. The van der Waals surface area contributed by atoms with E-state index in [9.17, 15) is 4.79 Å². The fourth-order valence-corrected chi connectivity index (χ4v) is 1.84. The SMILES string of the molecule is CCc1ccc(C2C[C@@H]2C(=O)O)cc1. The Morgan fingerprint density at radius 1 is 1.43 bits per heavy atom. The van der Waals surface area contributed by atoms with Gasteiger partial charge in [0.05, 0.1) is 5.92 Å². The summed E-state index contributed by atoms with van der Waals surface area (Å²) in [5.41, 5.74) is 2.48. The molecule has 2 atom stereocenters. The maximum atomic E-state index is 10.7. The summed E-state index contributed by atoms with van der Waals surface area (Å²) in [4.78, 5) is 10.7. The highest BCUT2D eigenvalue weighted by Gasteiger charge is 2.43. The monoisotopic (exact) mass is 190 g/mol. The number of carboxylic acid groups (broad SMARTS) is 1. The Balaban J connectivity index is 2.08. The van der Waals surface area contributed by atoms with Crippen LogP contribution in [-0.4, -0.2) is 11.1 Å². The third kappa shape index (κ3) is 1.65. The first-order chi connectivity index (χ1) is 6.72. The van der Waals surface area contributed by atoms with Crippen LogP contribution >= 0.6 is 0 Å². The van der Waals surface area contributed by atoms with Gasteiger partial charge >= 0.3 is 5.97 Å². The van der Waals surface area contributed by atoms with Gasteiger partial charge in [-0.15, -0.1) is 0 Å². The van der Waals surface area contributed by atoms with Crippen molar-refractivity contribution in [1.29, 1.82) is 0 Å². The molecule has 2 heteroatoms. The van der Waals surface area contributed by atoms with Crippen molar-refractivity contribution in [2.75, 3.05) is 0 Å². The van der Waals surface area contributed by atoms with E-state index in [0.717, 1.165) is 12.8 Å². The Kier molecular flexibility index (Phi) is 2.28. The third-order valence-corrected chi connectivity index (χ3v) is 2.92.